The normalized spacial score (nSPS) is 17.2. The van der Waals surface area contributed by atoms with Gasteiger partial charge in [-0.05, 0) is 30.2 Å². The van der Waals surface area contributed by atoms with E-state index in [0.29, 0.717) is 17.6 Å². The van der Waals surface area contributed by atoms with Crippen LogP contribution in [0.3, 0.4) is 0 Å². The first-order chi connectivity index (χ1) is 10.2. The van der Waals surface area contributed by atoms with Crippen molar-refractivity contribution in [1.29, 1.82) is 10.5 Å². The van der Waals surface area contributed by atoms with Gasteiger partial charge in [0.2, 0.25) is 0 Å². The highest BCUT2D eigenvalue weighted by Crippen LogP contribution is 2.23. The molecule has 0 saturated heterocycles. The van der Waals surface area contributed by atoms with Gasteiger partial charge < -0.3 is 10.1 Å². The third-order valence-corrected chi connectivity index (χ3v) is 3.18. The molecular formula is C16H13N3O2. The fraction of sp³-hybridized carbons (Fsp3) is 0.188. The quantitative estimate of drug-likeness (QED) is 0.838. The molecule has 1 unspecified atom stereocenters. The monoisotopic (exact) mass is 279 g/mol. The molecule has 0 aromatic heterocycles. The lowest BCUT2D eigenvalue weighted by atomic mass is 10.0. The van der Waals surface area contributed by atoms with Gasteiger partial charge in [-0.15, -0.1) is 0 Å². The number of ether oxygens (including phenoxy) is 1. The second-order valence-corrected chi connectivity index (χ2v) is 4.49. The van der Waals surface area contributed by atoms with E-state index < -0.39 is 5.97 Å². The number of rotatable bonds is 2. The van der Waals surface area contributed by atoms with Crippen LogP contribution in [0.4, 0.5) is 0 Å². The van der Waals surface area contributed by atoms with Crippen molar-refractivity contribution in [1.82, 2.24) is 5.32 Å². The van der Waals surface area contributed by atoms with Crippen LogP contribution in [0.15, 0.2) is 47.7 Å². The zero-order chi connectivity index (χ0) is 15.2. The highest BCUT2D eigenvalue weighted by atomic mass is 16.5. The van der Waals surface area contributed by atoms with E-state index in [1.165, 1.54) is 13.2 Å². The van der Waals surface area contributed by atoms with Gasteiger partial charge in [0.05, 0.1) is 36.4 Å². The number of nitrogens with one attached hydrogen (secondary N) is 1. The van der Waals surface area contributed by atoms with E-state index in [0.717, 1.165) is 5.56 Å². The summed E-state index contributed by atoms with van der Waals surface area (Å²) in [4.78, 5) is 11.7. The first-order valence-corrected chi connectivity index (χ1v) is 6.34. The molecule has 1 aromatic rings. The molecule has 0 saturated carbocycles. The molecule has 0 bridgehead atoms. The number of carbonyl (C=O) groups excluding carboxylic acids is 1. The summed E-state index contributed by atoms with van der Waals surface area (Å²) in [5.41, 5.74) is 2.17. The Bertz CT molecular complexity index is 688. The summed E-state index contributed by atoms with van der Waals surface area (Å²) in [6.07, 6.45) is 3.81. The van der Waals surface area contributed by atoms with Crippen molar-refractivity contribution in [2.45, 2.75) is 12.5 Å². The van der Waals surface area contributed by atoms with Crippen LogP contribution in [-0.2, 0) is 9.53 Å². The average Bonchev–Trinajstić information content (AvgIpc) is 2.77. The minimum Gasteiger partial charge on any atom is -0.464 e. The first-order valence-electron chi connectivity index (χ1n) is 6.34. The van der Waals surface area contributed by atoms with Gasteiger partial charge in [-0.2, -0.15) is 10.5 Å². The lowest BCUT2D eigenvalue weighted by Gasteiger charge is -2.18. The van der Waals surface area contributed by atoms with Gasteiger partial charge in [0.15, 0.2) is 0 Å². The molecule has 1 aromatic carbocycles. The number of nitrogens with zero attached hydrogens (tertiary/aromatic N) is 2. The topological polar surface area (TPSA) is 85.9 Å². The van der Waals surface area contributed by atoms with Gasteiger partial charge >= 0.3 is 5.97 Å². The number of benzene rings is 1. The molecule has 2 rings (SSSR count). The largest absolute Gasteiger partial charge is 0.464 e. The van der Waals surface area contributed by atoms with Gasteiger partial charge in [-0.25, -0.2) is 4.79 Å². The highest BCUT2D eigenvalue weighted by Gasteiger charge is 2.20. The summed E-state index contributed by atoms with van der Waals surface area (Å²) < 4.78 is 4.71. The average molecular weight is 279 g/mol. The minimum absolute atomic E-state index is 0.158. The fourth-order valence-corrected chi connectivity index (χ4v) is 2.06. The van der Waals surface area contributed by atoms with E-state index in [1.54, 1.807) is 18.2 Å². The van der Waals surface area contributed by atoms with Crippen LogP contribution in [-0.4, -0.2) is 13.1 Å². The summed E-state index contributed by atoms with van der Waals surface area (Å²) in [6, 6.07) is 11.0. The molecule has 21 heavy (non-hydrogen) atoms. The summed E-state index contributed by atoms with van der Waals surface area (Å²) in [7, 11) is 1.29. The number of allylic oxidation sites excluding steroid dienone is 2. The molecule has 1 N–H and O–H groups in total. The van der Waals surface area contributed by atoms with Crippen LogP contribution in [0, 0.1) is 22.7 Å². The van der Waals surface area contributed by atoms with Crippen LogP contribution in [0.1, 0.15) is 23.6 Å². The zero-order valence-corrected chi connectivity index (χ0v) is 11.5. The maximum absolute atomic E-state index is 11.7. The SMILES string of the molecule is COC(=O)C1=CC(C#N)=CCC(c2ccc(C#N)cc2)N1. The van der Waals surface area contributed by atoms with Crippen molar-refractivity contribution < 1.29 is 9.53 Å². The number of nitriles is 2. The Balaban J connectivity index is 2.31. The number of hydrogen-bond acceptors (Lipinski definition) is 5. The van der Waals surface area contributed by atoms with Gasteiger partial charge in [0, 0.05) is 0 Å². The third kappa shape index (κ3) is 3.29. The molecule has 1 atom stereocenters. The second-order valence-electron chi connectivity index (χ2n) is 4.49. The molecule has 0 spiro atoms. The zero-order valence-electron chi connectivity index (χ0n) is 11.5. The second kappa shape index (κ2) is 6.40. The van der Waals surface area contributed by atoms with Crippen molar-refractivity contribution in [3.8, 4) is 12.1 Å². The van der Waals surface area contributed by atoms with Gasteiger partial charge in [0.1, 0.15) is 5.70 Å². The minimum atomic E-state index is -0.517. The van der Waals surface area contributed by atoms with E-state index in [4.69, 9.17) is 15.3 Å². The van der Waals surface area contributed by atoms with Crippen molar-refractivity contribution in [3.63, 3.8) is 0 Å². The molecule has 5 heteroatoms. The Kier molecular flexibility index (Phi) is 4.38. The first kappa shape index (κ1) is 14.4. The van der Waals surface area contributed by atoms with Crippen molar-refractivity contribution in [2.24, 2.45) is 0 Å². The Morgan fingerprint density at radius 2 is 2.00 bits per heavy atom. The lowest BCUT2D eigenvalue weighted by Crippen LogP contribution is -2.25. The molecule has 0 fully saturated rings. The fourth-order valence-electron chi connectivity index (χ4n) is 2.06. The lowest BCUT2D eigenvalue weighted by molar-refractivity contribution is -0.136. The highest BCUT2D eigenvalue weighted by molar-refractivity contribution is 5.88. The molecule has 0 aliphatic carbocycles. The van der Waals surface area contributed by atoms with E-state index in [9.17, 15) is 4.79 Å². The summed E-state index contributed by atoms with van der Waals surface area (Å²) in [5, 5.41) is 20.9. The Morgan fingerprint density at radius 3 is 2.57 bits per heavy atom. The van der Waals surface area contributed by atoms with Crippen LogP contribution in [0.25, 0.3) is 0 Å². The van der Waals surface area contributed by atoms with Gasteiger partial charge in [0.25, 0.3) is 0 Å². The Labute approximate surface area is 122 Å². The molecule has 104 valence electrons. The van der Waals surface area contributed by atoms with Gasteiger partial charge in [-0.1, -0.05) is 18.2 Å². The number of methoxy groups -OCH3 is 1. The molecule has 1 aliphatic heterocycles. The molecular weight excluding hydrogens is 266 g/mol. The standard InChI is InChI=1S/C16H13N3O2/c1-21-16(20)15-8-12(10-18)4-7-14(19-15)13-5-2-11(9-17)3-6-13/h2-6,8,14,19H,7H2,1H3. The number of esters is 1. The Hall–Kier alpha value is -3.05. The predicted molar refractivity (Wildman–Crippen MR) is 75.4 cm³/mol. The summed E-state index contributed by atoms with van der Waals surface area (Å²) in [6.45, 7) is 0. The molecule has 1 aliphatic rings. The van der Waals surface area contributed by atoms with Gasteiger partial charge in [-0.3, -0.25) is 0 Å². The van der Waals surface area contributed by atoms with Crippen molar-refractivity contribution in [2.75, 3.05) is 7.11 Å². The van der Waals surface area contributed by atoms with E-state index in [1.807, 2.05) is 18.2 Å². The van der Waals surface area contributed by atoms with Crippen molar-refractivity contribution >= 4 is 5.97 Å². The molecule has 5 nitrogen and oxygen atoms in total. The molecule has 0 amide bonds. The summed E-state index contributed by atoms with van der Waals surface area (Å²) >= 11 is 0. The van der Waals surface area contributed by atoms with E-state index in [2.05, 4.69) is 11.4 Å². The third-order valence-electron chi connectivity index (χ3n) is 3.18. The predicted octanol–water partition coefficient (Wildman–Crippen LogP) is 2.10. The smallest absolute Gasteiger partial charge is 0.354 e. The maximum Gasteiger partial charge on any atom is 0.354 e. The van der Waals surface area contributed by atoms with Crippen LogP contribution >= 0.6 is 0 Å². The van der Waals surface area contributed by atoms with E-state index >= 15 is 0 Å². The number of carbonyl (C=O) groups is 1. The molecule has 1 heterocycles. The molecule has 0 radical (unpaired) electrons. The maximum atomic E-state index is 11.7. The summed E-state index contributed by atoms with van der Waals surface area (Å²) in [5.74, 6) is -0.517. The Morgan fingerprint density at radius 1 is 1.29 bits per heavy atom. The van der Waals surface area contributed by atoms with E-state index in [-0.39, 0.29) is 11.7 Å². The van der Waals surface area contributed by atoms with Crippen LogP contribution < -0.4 is 5.32 Å². The van der Waals surface area contributed by atoms with Crippen LogP contribution in [0.5, 0.6) is 0 Å². The van der Waals surface area contributed by atoms with Crippen LogP contribution in [0.2, 0.25) is 0 Å². The number of hydrogen-bond donors (Lipinski definition) is 1. The van der Waals surface area contributed by atoms with Crippen molar-refractivity contribution in [3.05, 3.63) is 58.8 Å².